The van der Waals surface area contributed by atoms with E-state index < -0.39 is 9.84 Å². The molecule has 4 rings (SSSR count). The van der Waals surface area contributed by atoms with Gasteiger partial charge >= 0.3 is 0 Å². The van der Waals surface area contributed by atoms with E-state index in [1.807, 2.05) is 26.0 Å². The van der Waals surface area contributed by atoms with Crippen molar-refractivity contribution < 1.29 is 22.8 Å². The van der Waals surface area contributed by atoms with E-state index in [0.717, 1.165) is 16.9 Å². The molecule has 8 nitrogen and oxygen atoms in total. The Hall–Kier alpha value is -3.20. The van der Waals surface area contributed by atoms with E-state index in [9.17, 15) is 22.8 Å². The number of carbonyl (C=O) groups is 3. The summed E-state index contributed by atoms with van der Waals surface area (Å²) in [6.45, 7) is 7.64. The van der Waals surface area contributed by atoms with E-state index in [2.05, 4.69) is 4.90 Å². The second kappa shape index (κ2) is 10.4. The number of anilines is 2. The first kappa shape index (κ1) is 25.9. The molecule has 0 bridgehead atoms. The van der Waals surface area contributed by atoms with Crippen LogP contribution in [0.15, 0.2) is 47.4 Å². The van der Waals surface area contributed by atoms with Gasteiger partial charge in [0.05, 0.1) is 10.6 Å². The standard InChI is InChI=1S/C27H33N3O5S/c1-4-26(32)30-19(2)17-22-18-24(9-10-25(22)30)36(34,35)16-11-27(33)29-14-12-28(13-15-29)23-7-5-21(6-8-23)20(3)31/h5-10,18-19H,4,11-17H2,1-3H3/t19-/m1/s1. The molecule has 0 spiro atoms. The van der Waals surface area contributed by atoms with E-state index in [1.165, 1.54) is 6.92 Å². The summed E-state index contributed by atoms with van der Waals surface area (Å²) >= 11 is 0. The zero-order valence-corrected chi connectivity index (χ0v) is 21.9. The number of ketones is 1. The van der Waals surface area contributed by atoms with Gasteiger partial charge in [0.2, 0.25) is 11.8 Å². The lowest BCUT2D eigenvalue weighted by molar-refractivity contribution is -0.131. The van der Waals surface area contributed by atoms with Gasteiger partial charge in [-0.25, -0.2) is 8.42 Å². The minimum absolute atomic E-state index is 0.00211. The molecule has 36 heavy (non-hydrogen) atoms. The third kappa shape index (κ3) is 5.31. The van der Waals surface area contributed by atoms with Crippen LogP contribution in [0.4, 0.5) is 11.4 Å². The molecular weight excluding hydrogens is 478 g/mol. The van der Waals surface area contributed by atoms with Crippen molar-refractivity contribution in [2.45, 2.75) is 51.0 Å². The molecule has 2 aromatic rings. The van der Waals surface area contributed by atoms with Crippen LogP contribution in [0.25, 0.3) is 0 Å². The minimum Gasteiger partial charge on any atom is -0.368 e. The summed E-state index contributed by atoms with van der Waals surface area (Å²) in [6.07, 6.45) is 0.945. The first-order valence-corrected chi connectivity index (χ1v) is 14.1. The normalized spacial score (nSPS) is 17.8. The Morgan fingerprint density at radius 2 is 1.61 bits per heavy atom. The van der Waals surface area contributed by atoms with E-state index in [4.69, 9.17) is 0 Å². The maximum absolute atomic E-state index is 13.0. The number of Topliss-reactive ketones (excluding diaryl/α,β-unsaturated/α-hetero) is 1. The Morgan fingerprint density at radius 3 is 2.22 bits per heavy atom. The Balaban J connectivity index is 1.33. The van der Waals surface area contributed by atoms with E-state index >= 15 is 0 Å². The molecule has 2 heterocycles. The minimum atomic E-state index is -3.63. The van der Waals surface area contributed by atoms with Crippen LogP contribution in [0, 0.1) is 0 Å². The molecule has 0 aliphatic carbocycles. The highest BCUT2D eigenvalue weighted by Crippen LogP contribution is 2.34. The lowest BCUT2D eigenvalue weighted by Crippen LogP contribution is -2.49. The highest BCUT2D eigenvalue weighted by Gasteiger charge is 2.31. The molecular formula is C27H33N3O5S. The lowest BCUT2D eigenvalue weighted by Gasteiger charge is -2.36. The highest BCUT2D eigenvalue weighted by molar-refractivity contribution is 7.91. The fraction of sp³-hybridized carbons (Fsp3) is 0.444. The molecule has 1 saturated heterocycles. The number of piperazine rings is 1. The fourth-order valence-corrected chi connectivity index (χ4v) is 6.25. The quantitative estimate of drug-likeness (QED) is 0.530. The van der Waals surface area contributed by atoms with Crippen molar-refractivity contribution >= 4 is 38.8 Å². The molecule has 2 aromatic carbocycles. The monoisotopic (exact) mass is 511 g/mol. The van der Waals surface area contributed by atoms with Gasteiger partial charge in [0, 0.05) is 62.0 Å². The summed E-state index contributed by atoms with van der Waals surface area (Å²) in [5, 5.41) is 0. The van der Waals surface area contributed by atoms with Gasteiger partial charge in [-0.1, -0.05) is 6.92 Å². The maximum atomic E-state index is 13.0. The van der Waals surface area contributed by atoms with Crippen molar-refractivity contribution in [3.8, 4) is 0 Å². The summed E-state index contributed by atoms with van der Waals surface area (Å²) < 4.78 is 26.0. The average Bonchev–Trinajstić information content (AvgIpc) is 3.22. The predicted molar refractivity (Wildman–Crippen MR) is 139 cm³/mol. The van der Waals surface area contributed by atoms with Crippen molar-refractivity contribution in [1.82, 2.24) is 4.90 Å². The van der Waals surface area contributed by atoms with Crippen LogP contribution < -0.4 is 9.80 Å². The van der Waals surface area contributed by atoms with Gasteiger partial charge in [-0.3, -0.25) is 14.4 Å². The molecule has 0 saturated carbocycles. The van der Waals surface area contributed by atoms with Gasteiger partial charge in [-0.05, 0) is 68.3 Å². The Morgan fingerprint density at radius 1 is 0.944 bits per heavy atom. The molecule has 2 aliphatic heterocycles. The van der Waals surface area contributed by atoms with E-state index in [0.29, 0.717) is 44.6 Å². The van der Waals surface area contributed by atoms with Crippen LogP contribution in [0.5, 0.6) is 0 Å². The van der Waals surface area contributed by atoms with Gasteiger partial charge in [0.15, 0.2) is 15.6 Å². The highest BCUT2D eigenvalue weighted by atomic mass is 32.2. The number of rotatable bonds is 7. The number of sulfone groups is 1. The number of nitrogens with zero attached hydrogens (tertiary/aromatic N) is 3. The number of amides is 2. The molecule has 192 valence electrons. The van der Waals surface area contributed by atoms with Crippen molar-refractivity contribution in [1.29, 1.82) is 0 Å². The molecule has 0 radical (unpaired) electrons. The van der Waals surface area contributed by atoms with Gasteiger partial charge in [0.25, 0.3) is 0 Å². The topological polar surface area (TPSA) is 95.1 Å². The van der Waals surface area contributed by atoms with Crippen LogP contribution >= 0.6 is 0 Å². The van der Waals surface area contributed by atoms with Gasteiger partial charge in [-0.2, -0.15) is 0 Å². The molecule has 9 heteroatoms. The molecule has 2 amide bonds. The number of benzene rings is 2. The third-order valence-corrected chi connectivity index (χ3v) is 8.77. The first-order chi connectivity index (χ1) is 17.1. The number of hydrogen-bond donors (Lipinski definition) is 0. The van der Waals surface area contributed by atoms with E-state index in [1.54, 1.807) is 40.1 Å². The maximum Gasteiger partial charge on any atom is 0.226 e. The van der Waals surface area contributed by atoms with Gasteiger partial charge in [0.1, 0.15) is 0 Å². The van der Waals surface area contributed by atoms with E-state index in [-0.39, 0.29) is 40.7 Å². The number of fused-ring (bicyclic) bond motifs is 1. The predicted octanol–water partition coefficient (Wildman–Crippen LogP) is 3.09. The fourth-order valence-electron chi connectivity index (χ4n) is 4.97. The molecule has 1 atom stereocenters. The Kier molecular flexibility index (Phi) is 7.49. The largest absolute Gasteiger partial charge is 0.368 e. The third-order valence-electron chi connectivity index (χ3n) is 7.05. The summed E-state index contributed by atoms with van der Waals surface area (Å²) in [5.74, 6) is -0.366. The SMILES string of the molecule is CCC(=O)N1c2ccc(S(=O)(=O)CCC(=O)N3CCN(c4ccc(C(C)=O)cc4)CC3)cc2C[C@H]1C. The van der Waals surface area contributed by atoms with Crippen LogP contribution in [0.2, 0.25) is 0 Å². The second-order valence-electron chi connectivity index (χ2n) is 9.50. The van der Waals surface area contributed by atoms with Crippen molar-refractivity contribution in [2.24, 2.45) is 0 Å². The number of carbonyl (C=O) groups excluding carboxylic acids is 3. The second-order valence-corrected chi connectivity index (χ2v) is 11.6. The van der Waals surface area contributed by atoms with Crippen LogP contribution in [-0.2, 0) is 25.8 Å². The zero-order chi connectivity index (χ0) is 26.0. The summed E-state index contributed by atoms with van der Waals surface area (Å²) in [5.41, 5.74) is 3.29. The lowest BCUT2D eigenvalue weighted by atomic mass is 10.1. The van der Waals surface area contributed by atoms with Crippen molar-refractivity contribution in [3.63, 3.8) is 0 Å². The van der Waals surface area contributed by atoms with Crippen LogP contribution in [-0.4, -0.2) is 68.9 Å². The Labute approximate surface area is 212 Å². The average molecular weight is 512 g/mol. The summed E-state index contributed by atoms with van der Waals surface area (Å²) in [6, 6.07) is 12.3. The summed E-state index contributed by atoms with van der Waals surface area (Å²) in [7, 11) is -3.63. The first-order valence-electron chi connectivity index (χ1n) is 12.4. The molecule has 0 N–H and O–H groups in total. The van der Waals surface area contributed by atoms with Gasteiger partial charge in [-0.15, -0.1) is 0 Å². The van der Waals surface area contributed by atoms with Crippen molar-refractivity contribution in [2.75, 3.05) is 41.7 Å². The molecule has 2 aliphatic rings. The number of hydrogen-bond acceptors (Lipinski definition) is 6. The summed E-state index contributed by atoms with van der Waals surface area (Å²) in [4.78, 5) is 42.4. The molecule has 0 aromatic heterocycles. The smallest absolute Gasteiger partial charge is 0.226 e. The van der Waals surface area contributed by atoms with Gasteiger partial charge < -0.3 is 14.7 Å². The molecule has 1 fully saturated rings. The zero-order valence-electron chi connectivity index (χ0n) is 21.1. The molecule has 0 unspecified atom stereocenters. The van der Waals surface area contributed by atoms with Crippen molar-refractivity contribution in [3.05, 3.63) is 53.6 Å². The van der Waals surface area contributed by atoms with Crippen LogP contribution in [0.1, 0.15) is 49.5 Å². The Bertz CT molecular complexity index is 1260. The van der Waals surface area contributed by atoms with Crippen LogP contribution in [0.3, 0.4) is 0 Å².